The first-order valence-corrected chi connectivity index (χ1v) is 7.35. The van der Waals surface area contributed by atoms with Crippen molar-refractivity contribution >= 4 is 23.4 Å². The van der Waals surface area contributed by atoms with Crippen molar-refractivity contribution in [3.63, 3.8) is 0 Å². The van der Waals surface area contributed by atoms with Gasteiger partial charge in [-0.3, -0.25) is 9.25 Å². The summed E-state index contributed by atoms with van der Waals surface area (Å²) in [6, 6.07) is 6.55. The number of aromatic nitrogens is 4. The Hall–Kier alpha value is -1.95. The van der Waals surface area contributed by atoms with Crippen LogP contribution >= 0.6 is 12.2 Å². The van der Waals surface area contributed by atoms with Crippen LogP contribution < -0.4 is 0 Å². The van der Waals surface area contributed by atoms with Crippen LogP contribution in [0.15, 0.2) is 24.3 Å². The van der Waals surface area contributed by atoms with Crippen LogP contribution in [0.3, 0.4) is 0 Å². The summed E-state index contributed by atoms with van der Waals surface area (Å²) >= 11 is 5.46. The quantitative estimate of drug-likeness (QED) is 0.749. The van der Waals surface area contributed by atoms with Crippen molar-refractivity contribution in [3.05, 3.63) is 46.1 Å². The fraction of sp³-hybridized carbons (Fsp3) is 0.333. The van der Waals surface area contributed by atoms with Crippen LogP contribution in [0.4, 0.5) is 4.39 Å². The molecular weight excluding hydrogens is 287 g/mol. The van der Waals surface area contributed by atoms with E-state index >= 15 is 0 Å². The summed E-state index contributed by atoms with van der Waals surface area (Å²) in [4.78, 5) is 3.23. The molecule has 2 aromatic heterocycles. The second kappa shape index (κ2) is 5.11. The van der Waals surface area contributed by atoms with Crippen molar-refractivity contribution in [2.24, 2.45) is 7.05 Å². The van der Waals surface area contributed by atoms with Gasteiger partial charge < -0.3 is 4.98 Å². The Labute approximate surface area is 127 Å². The van der Waals surface area contributed by atoms with Gasteiger partial charge in [-0.25, -0.2) is 4.39 Å². The highest BCUT2D eigenvalue weighted by Crippen LogP contribution is 2.26. The van der Waals surface area contributed by atoms with Gasteiger partial charge in [0.05, 0.1) is 11.7 Å². The topological polar surface area (TPSA) is 38.5 Å². The lowest BCUT2D eigenvalue weighted by atomic mass is 10.1. The van der Waals surface area contributed by atoms with Crippen LogP contribution in [0.2, 0.25) is 0 Å². The number of aryl methyl sites for hydroxylation is 2. The minimum absolute atomic E-state index is 0.0675. The molecule has 1 aromatic carbocycles. The van der Waals surface area contributed by atoms with E-state index in [0.29, 0.717) is 4.77 Å². The number of aromatic amines is 1. The summed E-state index contributed by atoms with van der Waals surface area (Å²) in [6.07, 6.45) is 0.834. The van der Waals surface area contributed by atoms with Crippen LogP contribution in [0.1, 0.15) is 31.1 Å². The third-order valence-electron chi connectivity index (χ3n) is 3.82. The maximum absolute atomic E-state index is 13.5. The monoisotopic (exact) mass is 304 g/mol. The van der Waals surface area contributed by atoms with E-state index in [4.69, 9.17) is 12.2 Å². The fourth-order valence-corrected chi connectivity index (χ4v) is 3.11. The fourth-order valence-electron chi connectivity index (χ4n) is 2.76. The molecule has 1 N–H and O–H groups in total. The Bertz CT molecular complexity index is 858. The van der Waals surface area contributed by atoms with Crippen LogP contribution in [-0.2, 0) is 13.5 Å². The number of hydrogen-bond donors (Lipinski definition) is 1. The maximum atomic E-state index is 13.5. The number of imidazole rings is 1. The summed E-state index contributed by atoms with van der Waals surface area (Å²) in [7, 11) is 1.90. The molecule has 1 unspecified atom stereocenters. The van der Waals surface area contributed by atoms with Gasteiger partial charge in [-0.1, -0.05) is 19.1 Å². The number of nitrogens with zero attached hydrogens (tertiary/aromatic N) is 3. The molecule has 4 nitrogen and oxygen atoms in total. The first kappa shape index (κ1) is 14.0. The summed E-state index contributed by atoms with van der Waals surface area (Å²) in [5.74, 6) is -0.239. The van der Waals surface area contributed by atoms with Crippen LogP contribution in [-0.4, -0.2) is 19.3 Å². The Morgan fingerprint density at radius 2 is 2.19 bits per heavy atom. The largest absolute Gasteiger partial charge is 0.328 e. The molecule has 0 amide bonds. The molecule has 1 atom stereocenters. The van der Waals surface area contributed by atoms with E-state index in [1.54, 1.807) is 12.1 Å². The second-order valence-electron chi connectivity index (χ2n) is 5.15. The highest BCUT2D eigenvalue weighted by atomic mass is 32.1. The minimum Gasteiger partial charge on any atom is -0.328 e. The second-order valence-corrected chi connectivity index (χ2v) is 5.54. The zero-order chi connectivity index (χ0) is 15.1. The van der Waals surface area contributed by atoms with Crippen molar-refractivity contribution in [1.29, 1.82) is 0 Å². The molecule has 21 heavy (non-hydrogen) atoms. The third-order valence-corrected chi connectivity index (χ3v) is 4.12. The molecular formula is C15H17FN4S. The number of fused-ring (bicyclic) bond motifs is 1. The van der Waals surface area contributed by atoms with E-state index in [1.165, 1.54) is 6.07 Å². The molecule has 0 saturated heterocycles. The maximum Gasteiger partial charge on any atom is 0.179 e. The van der Waals surface area contributed by atoms with Gasteiger partial charge in [-0.05, 0) is 43.3 Å². The van der Waals surface area contributed by atoms with Crippen LogP contribution in [0, 0.1) is 10.6 Å². The molecule has 6 heteroatoms. The van der Waals surface area contributed by atoms with Crippen molar-refractivity contribution in [3.8, 4) is 0 Å². The lowest BCUT2D eigenvalue weighted by Gasteiger charge is -2.15. The van der Waals surface area contributed by atoms with Crippen molar-refractivity contribution in [1.82, 2.24) is 19.3 Å². The normalized spacial score (nSPS) is 13.0. The van der Waals surface area contributed by atoms with Gasteiger partial charge in [-0.2, -0.15) is 5.10 Å². The molecule has 3 aromatic rings. The number of H-pyrrole nitrogens is 1. The van der Waals surface area contributed by atoms with Crippen molar-refractivity contribution in [2.75, 3.05) is 0 Å². The summed E-state index contributed by atoms with van der Waals surface area (Å²) < 4.78 is 17.9. The van der Waals surface area contributed by atoms with Crippen molar-refractivity contribution in [2.45, 2.75) is 26.3 Å². The van der Waals surface area contributed by atoms with Gasteiger partial charge in [0.1, 0.15) is 11.3 Å². The zero-order valence-corrected chi connectivity index (χ0v) is 13.0. The average molecular weight is 304 g/mol. The van der Waals surface area contributed by atoms with E-state index in [1.807, 2.05) is 29.3 Å². The molecule has 0 aliphatic carbocycles. The van der Waals surface area contributed by atoms with Gasteiger partial charge in [0, 0.05) is 7.05 Å². The first-order valence-electron chi connectivity index (χ1n) is 6.94. The van der Waals surface area contributed by atoms with Gasteiger partial charge in [-0.15, -0.1) is 0 Å². The summed E-state index contributed by atoms with van der Waals surface area (Å²) in [6.45, 7) is 4.07. The van der Waals surface area contributed by atoms with E-state index < -0.39 is 0 Å². The smallest absolute Gasteiger partial charge is 0.179 e. The first-order chi connectivity index (χ1) is 10.0. The molecule has 0 aliphatic heterocycles. The third kappa shape index (κ3) is 2.19. The SMILES string of the molecule is CCc1nn(C)c2c1[nH]c(=S)n2C(C)c1cccc(F)c1. The van der Waals surface area contributed by atoms with Gasteiger partial charge in [0.15, 0.2) is 10.4 Å². The van der Waals surface area contributed by atoms with E-state index in [-0.39, 0.29) is 11.9 Å². The van der Waals surface area contributed by atoms with Gasteiger partial charge in [0.2, 0.25) is 0 Å². The Kier molecular flexibility index (Phi) is 3.41. The van der Waals surface area contributed by atoms with E-state index in [0.717, 1.165) is 28.8 Å². The predicted octanol–water partition coefficient (Wildman–Crippen LogP) is 3.74. The molecule has 0 aliphatic rings. The predicted molar refractivity (Wildman–Crippen MR) is 83.5 cm³/mol. The molecule has 0 saturated carbocycles. The minimum atomic E-state index is -0.239. The zero-order valence-electron chi connectivity index (χ0n) is 12.2. The Morgan fingerprint density at radius 3 is 2.86 bits per heavy atom. The molecule has 3 rings (SSSR count). The lowest BCUT2D eigenvalue weighted by molar-refractivity contribution is 0.597. The van der Waals surface area contributed by atoms with Crippen LogP contribution in [0.25, 0.3) is 11.2 Å². The van der Waals surface area contributed by atoms with Crippen molar-refractivity contribution < 1.29 is 4.39 Å². The molecule has 0 bridgehead atoms. The summed E-state index contributed by atoms with van der Waals surface area (Å²) in [5.41, 5.74) is 3.77. The van der Waals surface area contributed by atoms with Gasteiger partial charge in [0.25, 0.3) is 0 Å². The van der Waals surface area contributed by atoms with E-state index in [9.17, 15) is 4.39 Å². The Morgan fingerprint density at radius 1 is 1.43 bits per heavy atom. The average Bonchev–Trinajstić information content (AvgIpc) is 2.95. The number of rotatable bonds is 3. The molecule has 2 heterocycles. The molecule has 110 valence electrons. The molecule has 0 radical (unpaired) electrons. The van der Waals surface area contributed by atoms with Gasteiger partial charge >= 0.3 is 0 Å². The lowest BCUT2D eigenvalue weighted by Crippen LogP contribution is -2.10. The highest BCUT2D eigenvalue weighted by Gasteiger charge is 2.19. The summed E-state index contributed by atoms with van der Waals surface area (Å²) in [5, 5.41) is 4.51. The Balaban J connectivity index is 2.22. The van der Waals surface area contributed by atoms with E-state index in [2.05, 4.69) is 17.0 Å². The number of benzene rings is 1. The highest BCUT2D eigenvalue weighted by molar-refractivity contribution is 7.71. The number of hydrogen-bond acceptors (Lipinski definition) is 2. The molecule has 0 spiro atoms. The number of halogens is 1. The van der Waals surface area contributed by atoms with Crippen LogP contribution in [0.5, 0.6) is 0 Å². The number of nitrogens with one attached hydrogen (secondary N) is 1. The molecule has 0 fully saturated rings. The standard InChI is InChI=1S/C15H17FN4S/c1-4-12-13-14(19(3)18-12)20(15(21)17-13)9(2)10-6-5-7-11(16)8-10/h5-9H,4H2,1-3H3,(H,17,21).